The minimum absolute atomic E-state index is 0.949. The summed E-state index contributed by atoms with van der Waals surface area (Å²) in [5, 5.41) is 2.40. The van der Waals surface area contributed by atoms with E-state index in [9.17, 15) is 0 Å². The van der Waals surface area contributed by atoms with Gasteiger partial charge in [0.05, 0.1) is 0 Å². The first-order valence-electron chi connectivity index (χ1n) is 9.91. The van der Waals surface area contributed by atoms with E-state index in [1.165, 1.54) is 55.7 Å². The summed E-state index contributed by atoms with van der Waals surface area (Å²) in [4.78, 5) is 0. The van der Waals surface area contributed by atoms with Crippen LogP contribution in [0.15, 0.2) is 36.5 Å². The normalized spacial score (nSPS) is 36.1. The van der Waals surface area contributed by atoms with E-state index in [0.717, 1.165) is 41.2 Å². The lowest BCUT2D eigenvalue weighted by atomic mass is 9.69. The molecule has 0 spiro atoms. The quantitative estimate of drug-likeness (QED) is 0.892. The third-order valence-electron chi connectivity index (χ3n) is 7.25. The van der Waals surface area contributed by atoms with Gasteiger partial charge >= 0.3 is 0 Å². The van der Waals surface area contributed by atoms with Gasteiger partial charge in [0.2, 0.25) is 0 Å². The van der Waals surface area contributed by atoms with Crippen LogP contribution in [0.3, 0.4) is 0 Å². The van der Waals surface area contributed by atoms with E-state index in [1.54, 1.807) is 6.20 Å². The Balaban J connectivity index is 1.56. The molecule has 5 atom stereocenters. The van der Waals surface area contributed by atoms with Gasteiger partial charge in [0, 0.05) is 0 Å². The van der Waals surface area contributed by atoms with Crippen molar-refractivity contribution in [3.05, 3.63) is 47.0 Å². The van der Waals surface area contributed by atoms with Crippen LogP contribution in [-0.2, 0) is 0 Å². The van der Waals surface area contributed by atoms with Gasteiger partial charge in [-0.1, -0.05) is 50.1 Å². The predicted molar refractivity (Wildman–Crippen MR) is 102 cm³/mol. The van der Waals surface area contributed by atoms with Crippen molar-refractivity contribution in [2.24, 2.45) is 35.3 Å². The third kappa shape index (κ3) is 2.94. The molecule has 0 aliphatic heterocycles. The Morgan fingerprint density at radius 1 is 1.04 bits per heavy atom. The van der Waals surface area contributed by atoms with Gasteiger partial charge in [-0.15, -0.1) is 0 Å². The van der Waals surface area contributed by atoms with E-state index in [2.05, 4.69) is 36.9 Å². The largest absolute Gasteiger partial charge is 0.405 e. The monoisotopic (exact) mass is 321 g/mol. The van der Waals surface area contributed by atoms with Gasteiger partial charge in [-0.3, -0.25) is 0 Å². The molecule has 1 aromatic carbocycles. The molecule has 1 aromatic rings. The van der Waals surface area contributed by atoms with Crippen molar-refractivity contribution < 1.29 is 0 Å². The van der Waals surface area contributed by atoms with Gasteiger partial charge in [-0.05, 0) is 90.0 Å². The van der Waals surface area contributed by atoms with Crippen molar-refractivity contribution in [3.63, 3.8) is 0 Å². The molecule has 4 rings (SSSR count). The molecule has 0 saturated heterocycles. The molecule has 0 amide bonds. The fraction of sp³-hybridized carbons (Fsp3) is 0.565. The summed E-state index contributed by atoms with van der Waals surface area (Å²) in [7, 11) is 0. The van der Waals surface area contributed by atoms with Crippen LogP contribution >= 0.6 is 0 Å². The Morgan fingerprint density at radius 3 is 2.62 bits per heavy atom. The maximum atomic E-state index is 5.74. The summed E-state index contributed by atoms with van der Waals surface area (Å²) in [5.74, 6) is 5.10. The molecule has 3 saturated carbocycles. The lowest BCUT2D eigenvalue weighted by Gasteiger charge is -2.36. The number of fused-ring (bicyclic) bond motifs is 2. The van der Waals surface area contributed by atoms with E-state index < -0.39 is 0 Å². The smallest absolute Gasteiger partial charge is 0.00594 e. The second-order valence-corrected chi connectivity index (χ2v) is 8.42. The fourth-order valence-corrected chi connectivity index (χ4v) is 6.22. The lowest BCUT2D eigenvalue weighted by Crippen LogP contribution is -2.29. The van der Waals surface area contributed by atoms with Crippen LogP contribution in [0.4, 0.5) is 0 Å². The molecule has 3 aliphatic rings. The van der Waals surface area contributed by atoms with Gasteiger partial charge in [0.15, 0.2) is 0 Å². The Hall–Kier alpha value is -1.50. The molecule has 5 unspecified atom stereocenters. The average Bonchev–Trinajstić information content (AvgIpc) is 2.81. The molecule has 1 heteroatoms. The number of benzene rings is 1. The summed E-state index contributed by atoms with van der Waals surface area (Å²) in [5.41, 5.74) is 7.12. The van der Waals surface area contributed by atoms with Crippen molar-refractivity contribution in [2.75, 3.05) is 0 Å². The van der Waals surface area contributed by atoms with Crippen LogP contribution in [0.1, 0.15) is 51.4 Å². The highest BCUT2D eigenvalue weighted by Crippen LogP contribution is 2.57. The van der Waals surface area contributed by atoms with E-state index in [4.69, 9.17) is 5.73 Å². The molecular formula is C23H31N. The Kier molecular flexibility index (Phi) is 4.52. The van der Waals surface area contributed by atoms with Crippen LogP contribution in [0, 0.1) is 29.6 Å². The van der Waals surface area contributed by atoms with Crippen LogP contribution in [0.2, 0.25) is 0 Å². The molecule has 128 valence electrons. The van der Waals surface area contributed by atoms with Crippen LogP contribution in [0.25, 0.3) is 12.2 Å². The second kappa shape index (κ2) is 6.78. The Bertz CT molecular complexity index is 716. The topological polar surface area (TPSA) is 26.0 Å². The highest BCUT2D eigenvalue weighted by atomic mass is 14.5. The zero-order valence-corrected chi connectivity index (χ0v) is 14.8. The number of nitrogens with two attached hydrogens (primary N) is 1. The molecule has 24 heavy (non-hydrogen) atoms. The lowest BCUT2D eigenvalue weighted by molar-refractivity contribution is 0.141. The number of rotatable bonds is 4. The van der Waals surface area contributed by atoms with Crippen LogP contribution in [-0.4, -0.2) is 0 Å². The minimum Gasteiger partial charge on any atom is -0.405 e. The van der Waals surface area contributed by atoms with Gasteiger partial charge in [-0.25, -0.2) is 0 Å². The molecule has 0 aromatic heterocycles. The first-order valence-corrected chi connectivity index (χ1v) is 9.91. The number of hydrogen-bond acceptors (Lipinski definition) is 1. The van der Waals surface area contributed by atoms with Gasteiger partial charge < -0.3 is 5.73 Å². The third-order valence-corrected chi connectivity index (χ3v) is 7.25. The molecular weight excluding hydrogens is 290 g/mol. The molecule has 0 radical (unpaired) electrons. The SMILES string of the molecule is C=c1cccc/c1=C(/C=C\N)CCC1C2CCCC3CC1CC3C2. The Labute approximate surface area is 146 Å². The standard InChI is InChI=1S/C23H31N/c1-16-5-2-3-8-22(16)17(11-12-24)9-10-23-19-7-4-6-18-13-21(23)15-20(18)14-19/h2-3,5,8,11-12,18-21,23H,1,4,6-7,9-10,13-15,24H2/b12-11-,22-17-. The molecule has 3 fully saturated rings. The van der Waals surface area contributed by atoms with E-state index in [-0.39, 0.29) is 0 Å². The highest BCUT2D eigenvalue weighted by molar-refractivity contribution is 5.56. The summed E-state index contributed by atoms with van der Waals surface area (Å²) < 4.78 is 0. The van der Waals surface area contributed by atoms with Crippen molar-refractivity contribution in [1.82, 2.24) is 0 Å². The zero-order chi connectivity index (χ0) is 16.5. The van der Waals surface area contributed by atoms with Crippen molar-refractivity contribution in [3.8, 4) is 0 Å². The first kappa shape index (κ1) is 16.0. The number of hydrogen-bond donors (Lipinski definition) is 1. The molecule has 2 N–H and O–H groups in total. The highest BCUT2D eigenvalue weighted by Gasteiger charge is 2.47. The van der Waals surface area contributed by atoms with E-state index in [0.29, 0.717) is 0 Å². The van der Waals surface area contributed by atoms with E-state index >= 15 is 0 Å². The molecule has 1 nitrogen and oxygen atoms in total. The van der Waals surface area contributed by atoms with E-state index in [1.807, 2.05) is 0 Å². The van der Waals surface area contributed by atoms with Gasteiger partial charge in [-0.2, -0.15) is 0 Å². The van der Waals surface area contributed by atoms with Crippen molar-refractivity contribution in [1.29, 1.82) is 0 Å². The fourth-order valence-electron chi connectivity index (χ4n) is 6.22. The summed E-state index contributed by atoms with van der Waals surface area (Å²) in [6, 6.07) is 8.48. The minimum atomic E-state index is 0.949. The second-order valence-electron chi connectivity index (χ2n) is 8.42. The first-order chi connectivity index (χ1) is 11.8. The maximum absolute atomic E-state index is 5.74. The van der Waals surface area contributed by atoms with Gasteiger partial charge in [0.25, 0.3) is 0 Å². The molecule has 3 bridgehead atoms. The molecule has 3 aliphatic carbocycles. The average molecular weight is 322 g/mol. The summed E-state index contributed by atoms with van der Waals surface area (Å²) >= 11 is 0. The van der Waals surface area contributed by atoms with Crippen molar-refractivity contribution >= 4 is 12.2 Å². The maximum Gasteiger partial charge on any atom is -0.00594 e. The Morgan fingerprint density at radius 2 is 1.79 bits per heavy atom. The summed E-state index contributed by atoms with van der Waals surface area (Å²) in [6.45, 7) is 4.21. The predicted octanol–water partition coefficient (Wildman–Crippen LogP) is 3.96. The zero-order valence-electron chi connectivity index (χ0n) is 14.8. The summed E-state index contributed by atoms with van der Waals surface area (Å²) in [6.07, 6.45) is 15.4. The van der Waals surface area contributed by atoms with Crippen LogP contribution < -0.4 is 16.2 Å². The van der Waals surface area contributed by atoms with Crippen molar-refractivity contribution in [2.45, 2.75) is 51.4 Å². The van der Waals surface area contributed by atoms with Crippen LogP contribution in [0.5, 0.6) is 0 Å². The van der Waals surface area contributed by atoms with Gasteiger partial charge in [0.1, 0.15) is 0 Å². The number of allylic oxidation sites excluding steroid dienone is 1. The molecule has 0 heterocycles.